The fourth-order valence-electron chi connectivity index (χ4n) is 2.78. The van der Waals surface area contributed by atoms with Crippen molar-refractivity contribution in [2.45, 2.75) is 18.9 Å². The number of amides is 2. The van der Waals surface area contributed by atoms with E-state index in [1.165, 1.54) is 0 Å². The molecule has 1 aromatic carbocycles. The molecule has 4 rings (SSSR count). The molecule has 2 fully saturated rings. The molecule has 108 valence electrons. The fraction of sp³-hybridized carbons (Fsp3) is 0.375. The number of para-hydroxylation sites is 1. The molecular weight excluding hydrogens is 266 g/mol. The van der Waals surface area contributed by atoms with Gasteiger partial charge >= 0.3 is 0 Å². The van der Waals surface area contributed by atoms with Gasteiger partial charge in [0.25, 0.3) is 5.91 Å². The number of carbonyl (C=O) groups is 2. The topological polar surface area (TPSA) is 65.2 Å². The number of fused-ring (bicyclic) bond motifs is 1. The number of rotatable bonds is 3. The summed E-state index contributed by atoms with van der Waals surface area (Å²) in [6, 6.07) is 8.14. The lowest BCUT2D eigenvalue weighted by molar-refractivity contribution is -0.129. The van der Waals surface area contributed by atoms with Crippen molar-refractivity contribution in [3.8, 4) is 0 Å². The first-order chi connectivity index (χ1) is 10.2. The minimum absolute atomic E-state index is 0.00271. The van der Waals surface area contributed by atoms with Crippen molar-refractivity contribution in [2.75, 3.05) is 13.1 Å². The molecule has 1 saturated carbocycles. The van der Waals surface area contributed by atoms with Crippen LogP contribution in [0.5, 0.6) is 0 Å². The molecule has 5 nitrogen and oxygen atoms in total. The van der Waals surface area contributed by atoms with Crippen molar-refractivity contribution in [2.24, 2.45) is 5.92 Å². The van der Waals surface area contributed by atoms with Crippen molar-refractivity contribution in [1.82, 2.24) is 15.2 Å². The Morgan fingerprint density at radius 3 is 2.71 bits per heavy atom. The molecule has 21 heavy (non-hydrogen) atoms. The number of hydrogen-bond acceptors (Lipinski definition) is 2. The number of aromatic nitrogens is 1. The molecule has 2 aromatic rings. The Morgan fingerprint density at radius 1 is 1.19 bits per heavy atom. The van der Waals surface area contributed by atoms with E-state index in [0.29, 0.717) is 24.7 Å². The van der Waals surface area contributed by atoms with Crippen LogP contribution in [-0.4, -0.2) is 40.8 Å². The largest absolute Gasteiger partial charge is 0.360 e. The highest BCUT2D eigenvalue weighted by Gasteiger charge is 2.38. The molecule has 2 heterocycles. The van der Waals surface area contributed by atoms with Gasteiger partial charge in [-0.15, -0.1) is 0 Å². The van der Waals surface area contributed by atoms with E-state index in [0.717, 1.165) is 23.7 Å². The van der Waals surface area contributed by atoms with E-state index >= 15 is 0 Å². The third-order valence-electron chi connectivity index (χ3n) is 4.28. The van der Waals surface area contributed by atoms with Gasteiger partial charge < -0.3 is 15.2 Å². The third-order valence-corrected chi connectivity index (χ3v) is 4.28. The number of likely N-dealkylation sites (tertiary alicyclic amines) is 1. The Hall–Kier alpha value is -2.30. The molecule has 2 N–H and O–H groups in total. The monoisotopic (exact) mass is 283 g/mol. The molecule has 1 aliphatic heterocycles. The van der Waals surface area contributed by atoms with Crippen molar-refractivity contribution < 1.29 is 9.59 Å². The summed E-state index contributed by atoms with van der Waals surface area (Å²) in [5, 5.41) is 3.93. The van der Waals surface area contributed by atoms with E-state index in [2.05, 4.69) is 10.3 Å². The van der Waals surface area contributed by atoms with Gasteiger partial charge in [-0.25, -0.2) is 0 Å². The lowest BCUT2D eigenvalue weighted by Crippen LogP contribution is -2.56. The number of carbonyl (C=O) groups excluding carboxylic acids is 2. The first kappa shape index (κ1) is 12.4. The van der Waals surface area contributed by atoms with Crippen molar-refractivity contribution in [1.29, 1.82) is 0 Å². The molecule has 0 bridgehead atoms. The highest BCUT2D eigenvalue weighted by atomic mass is 16.2. The number of nitrogens with one attached hydrogen (secondary N) is 2. The van der Waals surface area contributed by atoms with Crippen LogP contribution in [0.2, 0.25) is 0 Å². The zero-order valence-electron chi connectivity index (χ0n) is 11.6. The van der Waals surface area contributed by atoms with Crippen molar-refractivity contribution in [3.63, 3.8) is 0 Å². The Labute approximate surface area is 122 Å². The molecule has 2 amide bonds. The quantitative estimate of drug-likeness (QED) is 0.897. The molecule has 1 aliphatic carbocycles. The van der Waals surface area contributed by atoms with Crippen LogP contribution in [0.1, 0.15) is 23.2 Å². The molecule has 0 unspecified atom stereocenters. The summed E-state index contributed by atoms with van der Waals surface area (Å²) in [6.07, 6.45) is 3.94. The first-order valence-electron chi connectivity index (χ1n) is 7.38. The van der Waals surface area contributed by atoms with Crippen molar-refractivity contribution >= 4 is 22.7 Å². The van der Waals surface area contributed by atoms with Gasteiger partial charge in [-0.1, -0.05) is 18.2 Å². The van der Waals surface area contributed by atoms with Crippen LogP contribution in [0.3, 0.4) is 0 Å². The van der Waals surface area contributed by atoms with Gasteiger partial charge in [0.15, 0.2) is 0 Å². The van der Waals surface area contributed by atoms with Crippen molar-refractivity contribution in [3.05, 3.63) is 36.0 Å². The molecule has 0 spiro atoms. The van der Waals surface area contributed by atoms with Gasteiger partial charge in [-0.05, 0) is 18.9 Å². The predicted octanol–water partition coefficient (Wildman–Crippen LogP) is 1.52. The predicted molar refractivity (Wildman–Crippen MR) is 78.9 cm³/mol. The second-order valence-corrected chi connectivity index (χ2v) is 5.94. The zero-order chi connectivity index (χ0) is 14.4. The second-order valence-electron chi connectivity index (χ2n) is 5.94. The van der Waals surface area contributed by atoms with E-state index in [9.17, 15) is 9.59 Å². The third kappa shape index (κ3) is 2.18. The van der Waals surface area contributed by atoms with Gasteiger partial charge in [0.1, 0.15) is 0 Å². The van der Waals surface area contributed by atoms with Gasteiger partial charge in [0.2, 0.25) is 5.91 Å². The molecular formula is C16H17N3O2. The molecule has 1 aromatic heterocycles. The maximum absolute atomic E-state index is 12.5. The average Bonchev–Trinajstić information content (AvgIpc) is 3.13. The van der Waals surface area contributed by atoms with Crippen LogP contribution in [0.15, 0.2) is 30.5 Å². The second kappa shape index (κ2) is 4.62. The van der Waals surface area contributed by atoms with E-state index in [-0.39, 0.29) is 17.7 Å². The lowest BCUT2D eigenvalue weighted by atomic mass is 9.97. The van der Waals surface area contributed by atoms with Crippen LogP contribution < -0.4 is 5.32 Å². The summed E-state index contributed by atoms with van der Waals surface area (Å²) in [5.41, 5.74) is 1.65. The summed E-state index contributed by atoms with van der Waals surface area (Å²) in [5.74, 6) is 0.0585. The van der Waals surface area contributed by atoms with Gasteiger partial charge in [0, 0.05) is 36.2 Å². The standard InChI is InChI=1S/C16H17N3O2/c20-15(18-11-5-6-11)10-8-19(9-10)16(21)13-7-17-14-4-2-1-3-12(13)14/h1-4,7,10-11,17H,5-6,8-9H2,(H,18,20). The number of H-pyrrole nitrogens is 1. The Kier molecular flexibility index (Phi) is 2.74. The molecule has 2 aliphatic rings. The summed E-state index contributed by atoms with van der Waals surface area (Å²) in [6.45, 7) is 1.05. The van der Waals surface area contributed by atoms with Crippen LogP contribution in [0.4, 0.5) is 0 Å². The highest BCUT2D eigenvalue weighted by Crippen LogP contribution is 2.25. The minimum atomic E-state index is -0.0419. The number of aromatic amines is 1. The van der Waals surface area contributed by atoms with Crippen LogP contribution >= 0.6 is 0 Å². The Bertz CT molecular complexity index is 711. The number of benzene rings is 1. The minimum Gasteiger partial charge on any atom is -0.360 e. The SMILES string of the molecule is O=C(NC1CC1)C1CN(C(=O)c2c[nH]c3ccccc23)C1. The Morgan fingerprint density at radius 2 is 1.95 bits per heavy atom. The zero-order valence-corrected chi connectivity index (χ0v) is 11.6. The van der Waals surface area contributed by atoms with E-state index in [1.807, 2.05) is 24.3 Å². The normalized spacial score (nSPS) is 18.6. The summed E-state index contributed by atoms with van der Waals surface area (Å²) in [4.78, 5) is 29.2. The van der Waals surface area contributed by atoms with Crippen LogP contribution in [0.25, 0.3) is 10.9 Å². The lowest BCUT2D eigenvalue weighted by Gasteiger charge is -2.38. The van der Waals surface area contributed by atoms with Gasteiger partial charge in [-0.3, -0.25) is 9.59 Å². The number of nitrogens with zero attached hydrogens (tertiary/aromatic N) is 1. The van der Waals surface area contributed by atoms with Gasteiger partial charge in [-0.2, -0.15) is 0 Å². The summed E-state index contributed by atoms with van der Waals surface area (Å²) < 4.78 is 0. The average molecular weight is 283 g/mol. The van der Waals surface area contributed by atoms with E-state index < -0.39 is 0 Å². The van der Waals surface area contributed by atoms with Crippen LogP contribution in [0, 0.1) is 5.92 Å². The first-order valence-corrected chi connectivity index (χ1v) is 7.38. The molecule has 0 radical (unpaired) electrons. The summed E-state index contributed by atoms with van der Waals surface area (Å²) >= 11 is 0. The molecule has 5 heteroatoms. The number of hydrogen-bond donors (Lipinski definition) is 2. The molecule has 1 saturated heterocycles. The van der Waals surface area contributed by atoms with E-state index in [4.69, 9.17) is 0 Å². The van der Waals surface area contributed by atoms with E-state index in [1.54, 1.807) is 11.1 Å². The smallest absolute Gasteiger partial charge is 0.256 e. The Balaban J connectivity index is 1.43. The summed E-state index contributed by atoms with van der Waals surface area (Å²) in [7, 11) is 0. The maximum atomic E-state index is 12.5. The highest BCUT2D eigenvalue weighted by molar-refractivity contribution is 6.07. The maximum Gasteiger partial charge on any atom is 0.256 e. The van der Waals surface area contributed by atoms with Crippen LogP contribution in [-0.2, 0) is 4.79 Å². The molecule has 0 atom stereocenters. The van der Waals surface area contributed by atoms with Gasteiger partial charge in [0.05, 0.1) is 11.5 Å². The fourth-order valence-corrected chi connectivity index (χ4v) is 2.78.